The molecule has 1 unspecified atom stereocenters. The summed E-state index contributed by atoms with van der Waals surface area (Å²) in [7, 11) is 0. The molecule has 0 radical (unpaired) electrons. The molecule has 0 aromatic heterocycles. The molecule has 0 saturated heterocycles. The van der Waals surface area contributed by atoms with E-state index in [2.05, 4.69) is 0 Å². The molecule has 1 aliphatic rings. The Kier molecular flexibility index (Phi) is 4.22. The van der Waals surface area contributed by atoms with Crippen molar-refractivity contribution in [2.45, 2.75) is 32.6 Å². The van der Waals surface area contributed by atoms with Gasteiger partial charge in [0.15, 0.2) is 0 Å². The van der Waals surface area contributed by atoms with E-state index in [1.165, 1.54) is 12.8 Å². The van der Waals surface area contributed by atoms with Crippen LogP contribution in [0.3, 0.4) is 0 Å². The highest BCUT2D eigenvalue weighted by Crippen LogP contribution is 2.31. The molecule has 0 bridgehead atoms. The van der Waals surface area contributed by atoms with E-state index in [0.29, 0.717) is 19.1 Å². The summed E-state index contributed by atoms with van der Waals surface area (Å²) in [4.78, 5) is 11.5. The minimum atomic E-state index is -0.100. The van der Waals surface area contributed by atoms with Crippen LogP contribution in [0.4, 0.5) is 0 Å². The molecule has 76 valence electrons. The fraction of sp³-hybridized carbons (Fsp3) is 0.900. The van der Waals surface area contributed by atoms with Gasteiger partial charge in [-0.2, -0.15) is 0 Å². The minimum Gasteiger partial charge on any atom is -0.466 e. The number of nitrogens with two attached hydrogens (primary N) is 1. The van der Waals surface area contributed by atoms with E-state index in [0.717, 1.165) is 12.8 Å². The van der Waals surface area contributed by atoms with Gasteiger partial charge in [-0.1, -0.05) is 12.8 Å². The molecule has 1 atom stereocenters. The summed E-state index contributed by atoms with van der Waals surface area (Å²) in [6, 6.07) is 0. The van der Waals surface area contributed by atoms with Crippen LogP contribution in [-0.2, 0) is 9.53 Å². The summed E-state index contributed by atoms with van der Waals surface area (Å²) in [5.74, 6) is 0.323. The number of esters is 1. The highest BCUT2D eigenvalue weighted by molar-refractivity contribution is 5.73. The predicted octanol–water partition coefficient (Wildman–Crippen LogP) is 1.31. The van der Waals surface area contributed by atoms with Gasteiger partial charge in [0.1, 0.15) is 0 Å². The Morgan fingerprint density at radius 2 is 2.15 bits per heavy atom. The lowest BCUT2D eigenvalue weighted by atomic mass is 9.91. The van der Waals surface area contributed by atoms with Gasteiger partial charge in [0.2, 0.25) is 0 Å². The van der Waals surface area contributed by atoms with Gasteiger partial charge in [0, 0.05) is 6.54 Å². The van der Waals surface area contributed by atoms with E-state index in [9.17, 15) is 4.79 Å². The zero-order valence-electron chi connectivity index (χ0n) is 8.29. The van der Waals surface area contributed by atoms with E-state index < -0.39 is 0 Å². The third-order valence-corrected chi connectivity index (χ3v) is 2.81. The van der Waals surface area contributed by atoms with Crippen molar-refractivity contribution in [3.05, 3.63) is 0 Å². The molecule has 0 aromatic carbocycles. The molecule has 2 N–H and O–H groups in total. The van der Waals surface area contributed by atoms with Crippen molar-refractivity contribution in [2.24, 2.45) is 17.6 Å². The van der Waals surface area contributed by atoms with Gasteiger partial charge in [0.05, 0.1) is 12.5 Å². The molecule has 1 rings (SSSR count). The maximum Gasteiger partial charge on any atom is 0.310 e. The van der Waals surface area contributed by atoms with Crippen molar-refractivity contribution in [1.29, 1.82) is 0 Å². The Balaban J connectivity index is 2.44. The quantitative estimate of drug-likeness (QED) is 0.672. The van der Waals surface area contributed by atoms with Crippen LogP contribution in [0.1, 0.15) is 32.6 Å². The van der Waals surface area contributed by atoms with Crippen molar-refractivity contribution < 1.29 is 9.53 Å². The van der Waals surface area contributed by atoms with E-state index in [-0.39, 0.29) is 11.9 Å². The van der Waals surface area contributed by atoms with Gasteiger partial charge in [-0.15, -0.1) is 0 Å². The second-order valence-corrected chi connectivity index (χ2v) is 3.64. The molecule has 13 heavy (non-hydrogen) atoms. The summed E-state index contributed by atoms with van der Waals surface area (Å²) in [6.45, 7) is 2.73. The molecule has 0 aliphatic heterocycles. The predicted molar refractivity (Wildman–Crippen MR) is 51.1 cm³/mol. The molecule has 1 fully saturated rings. The summed E-state index contributed by atoms with van der Waals surface area (Å²) in [5, 5.41) is 0. The smallest absolute Gasteiger partial charge is 0.310 e. The maximum absolute atomic E-state index is 11.5. The van der Waals surface area contributed by atoms with Crippen LogP contribution in [0.25, 0.3) is 0 Å². The van der Waals surface area contributed by atoms with Crippen LogP contribution >= 0.6 is 0 Å². The molecule has 1 aliphatic carbocycles. The lowest BCUT2D eigenvalue weighted by Gasteiger charge is -2.19. The third-order valence-electron chi connectivity index (χ3n) is 2.81. The Morgan fingerprint density at radius 1 is 1.54 bits per heavy atom. The Labute approximate surface area is 79.6 Å². The first kappa shape index (κ1) is 10.5. The second-order valence-electron chi connectivity index (χ2n) is 3.64. The molecule has 0 spiro atoms. The van der Waals surface area contributed by atoms with E-state index in [1.54, 1.807) is 0 Å². The summed E-state index contributed by atoms with van der Waals surface area (Å²) >= 11 is 0. The zero-order valence-corrected chi connectivity index (χ0v) is 8.29. The monoisotopic (exact) mass is 185 g/mol. The topological polar surface area (TPSA) is 52.3 Å². The second kappa shape index (κ2) is 5.22. The summed E-state index contributed by atoms with van der Waals surface area (Å²) < 4.78 is 4.99. The Hall–Kier alpha value is -0.570. The van der Waals surface area contributed by atoms with Crippen molar-refractivity contribution >= 4 is 5.97 Å². The lowest BCUT2D eigenvalue weighted by molar-refractivity contribution is -0.149. The third kappa shape index (κ3) is 2.69. The molecular formula is C10H19NO2. The van der Waals surface area contributed by atoms with Gasteiger partial charge >= 0.3 is 5.97 Å². The number of carbonyl (C=O) groups is 1. The van der Waals surface area contributed by atoms with Crippen molar-refractivity contribution in [3.63, 3.8) is 0 Å². The standard InChI is InChI=1S/C10H19NO2/c1-2-13-10(12)9(7-11)8-5-3-4-6-8/h8-9H,2-7,11H2,1H3. The Bertz CT molecular complexity index is 164. The van der Waals surface area contributed by atoms with Crippen molar-refractivity contribution in [1.82, 2.24) is 0 Å². The molecule has 0 heterocycles. The number of hydrogen-bond acceptors (Lipinski definition) is 3. The van der Waals surface area contributed by atoms with Crippen LogP contribution in [0, 0.1) is 11.8 Å². The van der Waals surface area contributed by atoms with E-state index in [1.807, 2.05) is 6.92 Å². The molecule has 3 heteroatoms. The van der Waals surface area contributed by atoms with Gasteiger partial charge < -0.3 is 10.5 Å². The molecular weight excluding hydrogens is 166 g/mol. The van der Waals surface area contributed by atoms with Gasteiger partial charge in [-0.05, 0) is 25.7 Å². The van der Waals surface area contributed by atoms with E-state index >= 15 is 0 Å². The molecule has 1 saturated carbocycles. The largest absolute Gasteiger partial charge is 0.466 e. The number of hydrogen-bond donors (Lipinski definition) is 1. The first-order valence-corrected chi connectivity index (χ1v) is 5.16. The van der Waals surface area contributed by atoms with Gasteiger partial charge in [-0.3, -0.25) is 4.79 Å². The molecule has 0 amide bonds. The first-order valence-electron chi connectivity index (χ1n) is 5.16. The summed E-state index contributed by atoms with van der Waals surface area (Å²) in [6.07, 6.45) is 4.75. The molecule has 3 nitrogen and oxygen atoms in total. The summed E-state index contributed by atoms with van der Waals surface area (Å²) in [5.41, 5.74) is 5.58. The van der Waals surface area contributed by atoms with Crippen LogP contribution in [0.5, 0.6) is 0 Å². The molecule has 0 aromatic rings. The Morgan fingerprint density at radius 3 is 2.62 bits per heavy atom. The van der Waals surface area contributed by atoms with Crippen LogP contribution < -0.4 is 5.73 Å². The number of carbonyl (C=O) groups excluding carboxylic acids is 1. The highest BCUT2D eigenvalue weighted by Gasteiger charge is 2.30. The zero-order chi connectivity index (χ0) is 9.68. The first-order chi connectivity index (χ1) is 6.29. The van der Waals surface area contributed by atoms with E-state index in [4.69, 9.17) is 10.5 Å². The van der Waals surface area contributed by atoms with Crippen molar-refractivity contribution in [3.8, 4) is 0 Å². The highest BCUT2D eigenvalue weighted by atomic mass is 16.5. The fourth-order valence-electron chi connectivity index (χ4n) is 2.09. The maximum atomic E-state index is 11.5. The number of ether oxygens (including phenoxy) is 1. The fourth-order valence-corrected chi connectivity index (χ4v) is 2.09. The van der Waals surface area contributed by atoms with Crippen LogP contribution in [0.15, 0.2) is 0 Å². The van der Waals surface area contributed by atoms with Crippen LogP contribution in [-0.4, -0.2) is 19.1 Å². The van der Waals surface area contributed by atoms with Gasteiger partial charge in [-0.25, -0.2) is 0 Å². The van der Waals surface area contributed by atoms with Crippen LogP contribution in [0.2, 0.25) is 0 Å². The number of rotatable bonds is 4. The lowest BCUT2D eigenvalue weighted by Crippen LogP contribution is -2.31. The average Bonchev–Trinajstić information content (AvgIpc) is 2.59. The minimum absolute atomic E-state index is 0.0533. The van der Waals surface area contributed by atoms with Crippen molar-refractivity contribution in [2.75, 3.05) is 13.2 Å². The average molecular weight is 185 g/mol. The normalized spacial score (nSPS) is 20.2. The SMILES string of the molecule is CCOC(=O)C(CN)C1CCCC1. The van der Waals surface area contributed by atoms with Gasteiger partial charge in [0.25, 0.3) is 0 Å².